The average molecular weight is 268 g/mol. The Morgan fingerprint density at radius 3 is 2.41 bits per heavy atom. The van der Waals surface area contributed by atoms with E-state index in [1.807, 2.05) is 6.07 Å². The lowest BCUT2D eigenvalue weighted by Gasteiger charge is -2.19. The Hall–Kier alpha value is -0.600. The number of nitrogens with zero attached hydrogens (tertiary/aromatic N) is 1. The van der Waals surface area contributed by atoms with Gasteiger partial charge in [-0.3, -0.25) is 0 Å². The van der Waals surface area contributed by atoms with Crippen molar-refractivity contribution in [3.63, 3.8) is 0 Å². The van der Waals surface area contributed by atoms with Crippen LogP contribution >= 0.6 is 22.9 Å². The molecule has 0 bridgehead atoms. The van der Waals surface area contributed by atoms with E-state index in [-0.39, 0.29) is 5.41 Å². The SMILES string of the molecule is CC(C)c1nc2c(Cl)cc(C(C)(C)C)cc2s1. The monoisotopic (exact) mass is 267 g/mol. The molecule has 0 aliphatic carbocycles. The fraction of sp³-hybridized carbons (Fsp3) is 0.500. The van der Waals surface area contributed by atoms with Gasteiger partial charge in [0.2, 0.25) is 0 Å². The van der Waals surface area contributed by atoms with Crippen LogP contribution in [0.3, 0.4) is 0 Å². The van der Waals surface area contributed by atoms with E-state index in [9.17, 15) is 0 Å². The molecule has 1 aromatic heterocycles. The minimum atomic E-state index is 0.125. The summed E-state index contributed by atoms with van der Waals surface area (Å²) in [6, 6.07) is 4.28. The Kier molecular flexibility index (Phi) is 3.21. The van der Waals surface area contributed by atoms with Crippen LogP contribution < -0.4 is 0 Å². The summed E-state index contributed by atoms with van der Waals surface area (Å²) >= 11 is 8.08. The minimum Gasteiger partial charge on any atom is -0.239 e. The maximum absolute atomic E-state index is 6.33. The zero-order valence-corrected chi connectivity index (χ0v) is 12.5. The van der Waals surface area contributed by atoms with Crippen LogP contribution in [0.2, 0.25) is 5.02 Å². The highest BCUT2D eigenvalue weighted by Gasteiger charge is 2.18. The number of thiazole rings is 1. The minimum absolute atomic E-state index is 0.125. The normalized spacial score (nSPS) is 12.6. The zero-order chi connectivity index (χ0) is 12.8. The molecule has 17 heavy (non-hydrogen) atoms. The molecule has 0 saturated heterocycles. The molecule has 0 N–H and O–H groups in total. The smallest absolute Gasteiger partial charge is 0.100 e. The summed E-state index contributed by atoms with van der Waals surface area (Å²) < 4.78 is 1.20. The van der Waals surface area contributed by atoms with Crippen LogP contribution in [0.15, 0.2) is 12.1 Å². The Morgan fingerprint density at radius 2 is 1.88 bits per heavy atom. The summed E-state index contributed by atoms with van der Waals surface area (Å²) in [7, 11) is 0. The first-order chi connectivity index (χ1) is 7.79. The molecule has 0 unspecified atom stereocenters. The summed E-state index contributed by atoms with van der Waals surface area (Å²) in [6.07, 6.45) is 0. The van der Waals surface area contributed by atoms with Gasteiger partial charge in [-0.2, -0.15) is 0 Å². The van der Waals surface area contributed by atoms with Gasteiger partial charge in [0.15, 0.2) is 0 Å². The first-order valence-corrected chi connectivity index (χ1v) is 7.09. The lowest BCUT2D eigenvalue weighted by atomic mass is 9.87. The van der Waals surface area contributed by atoms with Crippen LogP contribution in [0.5, 0.6) is 0 Å². The van der Waals surface area contributed by atoms with Crippen LogP contribution in [0.4, 0.5) is 0 Å². The molecule has 0 amide bonds. The van der Waals surface area contributed by atoms with Gasteiger partial charge in [-0.1, -0.05) is 46.2 Å². The predicted molar refractivity (Wildman–Crippen MR) is 77.4 cm³/mol. The van der Waals surface area contributed by atoms with Gasteiger partial charge in [0.05, 0.1) is 14.7 Å². The first kappa shape index (κ1) is 12.8. The van der Waals surface area contributed by atoms with Gasteiger partial charge in [-0.15, -0.1) is 11.3 Å². The number of benzene rings is 1. The first-order valence-electron chi connectivity index (χ1n) is 5.89. The summed E-state index contributed by atoms with van der Waals surface area (Å²) in [6.45, 7) is 10.9. The Labute approximate surface area is 112 Å². The standard InChI is InChI=1S/C14H18ClNS/c1-8(2)13-16-12-10(15)6-9(14(3,4)5)7-11(12)17-13/h6-8H,1-5H3. The highest BCUT2D eigenvalue weighted by molar-refractivity contribution is 7.18. The van der Waals surface area contributed by atoms with Crippen molar-refractivity contribution >= 4 is 33.2 Å². The second-order valence-electron chi connectivity index (χ2n) is 5.76. The lowest BCUT2D eigenvalue weighted by molar-refractivity contribution is 0.591. The maximum Gasteiger partial charge on any atom is 0.100 e. The summed E-state index contributed by atoms with van der Waals surface area (Å²) in [5, 5.41) is 1.93. The molecule has 0 atom stereocenters. The molecule has 1 nitrogen and oxygen atoms in total. The topological polar surface area (TPSA) is 12.9 Å². The molecular formula is C14H18ClNS. The second kappa shape index (κ2) is 4.25. The fourth-order valence-corrected chi connectivity index (χ4v) is 3.04. The molecule has 0 fully saturated rings. The molecular weight excluding hydrogens is 250 g/mol. The van der Waals surface area contributed by atoms with E-state index in [4.69, 9.17) is 11.6 Å². The van der Waals surface area contributed by atoms with Crippen LogP contribution in [-0.2, 0) is 5.41 Å². The van der Waals surface area contributed by atoms with Gasteiger partial charge in [0.1, 0.15) is 5.52 Å². The van der Waals surface area contributed by atoms with Crippen molar-refractivity contribution in [1.29, 1.82) is 0 Å². The Morgan fingerprint density at radius 1 is 1.24 bits per heavy atom. The number of halogens is 1. The van der Waals surface area contributed by atoms with Crippen molar-refractivity contribution < 1.29 is 0 Å². The highest BCUT2D eigenvalue weighted by Crippen LogP contribution is 2.35. The van der Waals surface area contributed by atoms with E-state index in [2.05, 4.69) is 45.7 Å². The third kappa shape index (κ3) is 2.48. The summed E-state index contributed by atoms with van der Waals surface area (Å²) in [5.41, 5.74) is 2.35. The molecule has 0 aliphatic heterocycles. The van der Waals surface area contributed by atoms with E-state index in [0.717, 1.165) is 15.5 Å². The van der Waals surface area contributed by atoms with E-state index in [1.165, 1.54) is 10.3 Å². The quantitative estimate of drug-likeness (QED) is 0.677. The van der Waals surface area contributed by atoms with E-state index in [0.29, 0.717) is 5.92 Å². The number of hydrogen-bond acceptors (Lipinski definition) is 2. The van der Waals surface area contributed by atoms with Crippen LogP contribution in [0.1, 0.15) is 51.1 Å². The van der Waals surface area contributed by atoms with Gasteiger partial charge in [0.25, 0.3) is 0 Å². The second-order valence-corrected chi connectivity index (χ2v) is 7.23. The molecule has 0 spiro atoms. The number of hydrogen-bond donors (Lipinski definition) is 0. The molecule has 0 aliphatic rings. The van der Waals surface area contributed by atoms with E-state index < -0.39 is 0 Å². The van der Waals surface area contributed by atoms with Gasteiger partial charge >= 0.3 is 0 Å². The Balaban J connectivity index is 2.65. The van der Waals surface area contributed by atoms with Crippen molar-refractivity contribution in [2.24, 2.45) is 0 Å². The van der Waals surface area contributed by atoms with E-state index in [1.54, 1.807) is 11.3 Å². The lowest BCUT2D eigenvalue weighted by Crippen LogP contribution is -2.10. The van der Waals surface area contributed by atoms with Gasteiger partial charge < -0.3 is 0 Å². The van der Waals surface area contributed by atoms with Gasteiger partial charge in [0, 0.05) is 5.92 Å². The Bertz CT molecular complexity index is 549. The van der Waals surface area contributed by atoms with Crippen LogP contribution in [-0.4, -0.2) is 4.98 Å². The fourth-order valence-electron chi connectivity index (χ4n) is 1.69. The molecule has 2 aromatic rings. The number of aromatic nitrogens is 1. The molecule has 3 heteroatoms. The van der Waals surface area contributed by atoms with Crippen molar-refractivity contribution in [3.8, 4) is 0 Å². The average Bonchev–Trinajstić information content (AvgIpc) is 2.60. The number of rotatable bonds is 1. The molecule has 2 rings (SSSR count). The molecule has 1 heterocycles. The van der Waals surface area contributed by atoms with Gasteiger partial charge in [-0.05, 0) is 23.1 Å². The number of fused-ring (bicyclic) bond motifs is 1. The zero-order valence-electron chi connectivity index (χ0n) is 11.0. The maximum atomic E-state index is 6.33. The van der Waals surface area contributed by atoms with Crippen molar-refractivity contribution in [2.75, 3.05) is 0 Å². The molecule has 92 valence electrons. The molecule has 0 radical (unpaired) electrons. The van der Waals surface area contributed by atoms with Crippen molar-refractivity contribution in [1.82, 2.24) is 4.98 Å². The third-order valence-electron chi connectivity index (χ3n) is 2.82. The van der Waals surface area contributed by atoms with Gasteiger partial charge in [-0.25, -0.2) is 4.98 Å². The molecule has 0 saturated carbocycles. The van der Waals surface area contributed by atoms with Crippen molar-refractivity contribution in [3.05, 3.63) is 27.7 Å². The highest BCUT2D eigenvalue weighted by atomic mass is 35.5. The largest absolute Gasteiger partial charge is 0.239 e. The summed E-state index contributed by atoms with van der Waals surface area (Å²) in [4.78, 5) is 4.62. The van der Waals surface area contributed by atoms with Crippen LogP contribution in [0.25, 0.3) is 10.2 Å². The van der Waals surface area contributed by atoms with Crippen molar-refractivity contribution in [2.45, 2.75) is 46.0 Å². The summed E-state index contributed by atoms with van der Waals surface area (Å²) in [5.74, 6) is 0.460. The molecule has 1 aromatic carbocycles. The van der Waals surface area contributed by atoms with Crippen LogP contribution in [0, 0.1) is 0 Å². The van der Waals surface area contributed by atoms with E-state index >= 15 is 0 Å². The predicted octanol–water partition coefficient (Wildman–Crippen LogP) is 5.37. The third-order valence-corrected chi connectivity index (χ3v) is 4.42.